The predicted octanol–water partition coefficient (Wildman–Crippen LogP) is 2.28. The first-order valence-corrected chi connectivity index (χ1v) is 7.12. The van der Waals surface area contributed by atoms with E-state index < -0.39 is 12.0 Å². The second-order valence-electron chi connectivity index (χ2n) is 5.08. The highest BCUT2D eigenvalue weighted by Gasteiger charge is 2.33. The van der Waals surface area contributed by atoms with Crippen molar-refractivity contribution >= 4 is 23.4 Å². The smallest absolute Gasteiger partial charge is 0.326 e. The van der Waals surface area contributed by atoms with Gasteiger partial charge in [0.15, 0.2) is 0 Å². The molecule has 1 atom stereocenters. The molecule has 0 radical (unpaired) electrons. The first-order valence-electron chi connectivity index (χ1n) is 6.74. The number of pyridine rings is 1. The van der Waals surface area contributed by atoms with Crippen LogP contribution in [0.3, 0.4) is 0 Å². The first kappa shape index (κ1) is 13.9. The van der Waals surface area contributed by atoms with Gasteiger partial charge in [-0.1, -0.05) is 11.6 Å². The number of aryl methyl sites for hydroxylation is 1. The van der Waals surface area contributed by atoms with Gasteiger partial charge in [0.05, 0.1) is 11.4 Å². The van der Waals surface area contributed by atoms with Crippen molar-refractivity contribution in [1.29, 1.82) is 0 Å². The highest BCUT2D eigenvalue weighted by atomic mass is 35.5. The first-order chi connectivity index (χ1) is 10.1. The third-order valence-corrected chi connectivity index (χ3v) is 3.81. The molecule has 2 aromatic heterocycles. The van der Waals surface area contributed by atoms with Crippen LogP contribution in [-0.2, 0) is 4.79 Å². The Labute approximate surface area is 127 Å². The lowest BCUT2D eigenvalue weighted by Gasteiger charge is -2.24. The van der Waals surface area contributed by atoms with E-state index >= 15 is 0 Å². The maximum atomic E-state index is 11.4. The number of hydrogen-bond donors (Lipinski definition) is 1. The summed E-state index contributed by atoms with van der Waals surface area (Å²) in [7, 11) is 0. The lowest BCUT2D eigenvalue weighted by atomic mass is 10.2. The topological polar surface area (TPSA) is 71.2 Å². The van der Waals surface area contributed by atoms with Crippen LogP contribution in [0.5, 0.6) is 0 Å². The summed E-state index contributed by atoms with van der Waals surface area (Å²) in [6, 6.07) is 4.91. The molecular weight excluding hydrogens is 292 g/mol. The van der Waals surface area contributed by atoms with E-state index in [-0.39, 0.29) is 0 Å². The van der Waals surface area contributed by atoms with Crippen LogP contribution in [-0.4, -0.2) is 38.4 Å². The average Bonchev–Trinajstić information content (AvgIpc) is 3.04. The van der Waals surface area contributed by atoms with Crippen LogP contribution in [0.2, 0.25) is 5.15 Å². The zero-order valence-corrected chi connectivity index (χ0v) is 12.3. The molecule has 1 fully saturated rings. The van der Waals surface area contributed by atoms with Gasteiger partial charge in [-0.15, -0.1) is 0 Å². The maximum Gasteiger partial charge on any atom is 0.326 e. The molecule has 2 aromatic rings. The van der Waals surface area contributed by atoms with E-state index in [0.29, 0.717) is 18.1 Å². The van der Waals surface area contributed by atoms with Gasteiger partial charge in [0, 0.05) is 24.9 Å². The number of carboxylic acids is 1. The molecule has 3 rings (SSSR count). The summed E-state index contributed by atoms with van der Waals surface area (Å²) in [5.74, 6) is -0.0228. The number of rotatable bonds is 3. The Kier molecular flexibility index (Phi) is 3.55. The van der Waals surface area contributed by atoms with E-state index in [4.69, 9.17) is 11.6 Å². The molecule has 1 unspecified atom stereocenters. The standard InChI is InChI=1S/C14H15ClN4O2/c1-9-7-13(18-6-2-3-11(18)14(20)21)19(17-9)10-4-5-16-12(15)8-10/h4-5,7-8,11H,2-3,6H2,1H3,(H,20,21). The zero-order chi connectivity index (χ0) is 15.0. The van der Waals surface area contributed by atoms with Crippen LogP contribution in [0.4, 0.5) is 5.82 Å². The molecule has 7 heteroatoms. The molecule has 1 N–H and O–H groups in total. The summed E-state index contributed by atoms with van der Waals surface area (Å²) in [6.07, 6.45) is 3.12. The highest BCUT2D eigenvalue weighted by Crippen LogP contribution is 2.29. The number of aliphatic carboxylic acids is 1. The van der Waals surface area contributed by atoms with E-state index in [1.807, 2.05) is 17.9 Å². The summed E-state index contributed by atoms with van der Waals surface area (Å²) >= 11 is 5.93. The van der Waals surface area contributed by atoms with Gasteiger partial charge < -0.3 is 10.0 Å². The summed E-state index contributed by atoms with van der Waals surface area (Å²) in [5.41, 5.74) is 1.60. The van der Waals surface area contributed by atoms with Crippen LogP contribution in [0.1, 0.15) is 18.5 Å². The average molecular weight is 307 g/mol. The number of halogens is 1. The minimum absolute atomic E-state index is 0.378. The molecule has 1 aliphatic rings. The minimum Gasteiger partial charge on any atom is -0.480 e. The number of nitrogens with zero attached hydrogens (tertiary/aromatic N) is 4. The summed E-state index contributed by atoms with van der Waals surface area (Å²) in [4.78, 5) is 17.2. The second kappa shape index (κ2) is 5.37. The Bertz CT molecular complexity index is 685. The fraction of sp³-hybridized carbons (Fsp3) is 0.357. The van der Waals surface area contributed by atoms with Gasteiger partial charge in [-0.2, -0.15) is 5.10 Å². The second-order valence-corrected chi connectivity index (χ2v) is 5.47. The van der Waals surface area contributed by atoms with E-state index in [2.05, 4.69) is 10.1 Å². The molecule has 0 saturated carbocycles. The third kappa shape index (κ3) is 2.58. The van der Waals surface area contributed by atoms with Crippen LogP contribution in [0.25, 0.3) is 5.69 Å². The van der Waals surface area contributed by atoms with E-state index in [9.17, 15) is 9.90 Å². The molecule has 0 amide bonds. The quantitative estimate of drug-likeness (QED) is 0.881. The van der Waals surface area contributed by atoms with Crippen LogP contribution < -0.4 is 4.90 Å². The lowest BCUT2D eigenvalue weighted by molar-refractivity contribution is -0.138. The predicted molar refractivity (Wildman–Crippen MR) is 79.1 cm³/mol. The van der Waals surface area contributed by atoms with Gasteiger partial charge in [-0.25, -0.2) is 14.5 Å². The SMILES string of the molecule is Cc1cc(N2CCCC2C(=O)O)n(-c2ccnc(Cl)c2)n1. The summed E-state index contributed by atoms with van der Waals surface area (Å²) in [5, 5.41) is 14.2. The van der Waals surface area contributed by atoms with Crippen molar-refractivity contribution < 1.29 is 9.90 Å². The summed E-state index contributed by atoms with van der Waals surface area (Å²) < 4.78 is 1.73. The van der Waals surface area contributed by atoms with Crippen molar-refractivity contribution in [3.05, 3.63) is 35.2 Å². The van der Waals surface area contributed by atoms with E-state index in [0.717, 1.165) is 23.6 Å². The molecule has 3 heterocycles. The van der Waals surface area contributed by atoms with Crippen molar-refractivity contribution in [3.63, 3.8) is 0 Å². The van der Waals surface area contributed by atoms with Gasteiger partial charge >= 0.3 is 5.97 Å². The van der Waals surface area contributed by atoms with Crippen molar-refractivity contribution in [1.82, 2.24) is 14.8 Å². The van der Waals surface area contributed by atoms with Crippen LogP contribution in [0.15, 0.2) is 24.4 Å². The number of aromatic nitrogens is 3. The number of hydrogen-bond acceptors (Lipinski definition) is 4. The van der Waals surface area contributed by atoms with Crippen molar-refractivity contribution in [3.8, 4) is 5.69 Å². The van der Waals surface area contributed by atoms with Crippen LogP contribution in [0, 0.1) is 6.92 Å². The van der Waals surface area contributed by atoms with Gasteiger partial charge in [-0.3, -0.25) is 0 Å². The van der Waals surface area contributed by atoms with Gasteiger partial charge in [0.1, 0.15) is 17.0 Å². The molecule has 21 heavy (non-hydrogen) atoms. The maximum absolute atomic E-state index is 11.4. The Morgan fingerprint density at radius 3 is 3.00 bits per heavy atom. The van der Waals surface area contributed by atoms with Crippen molar-refractivity contribution in [2.75, 3.05) is 11.4 Å². The molecular formula is C14H15ClN4O2. The lowest BCUT2D eigenvalue weighted by Crippen LogP contribution is -2.37. The molecule has 0 bridgehead atoms. The van der Waals surface area contributed by atoms with E-state index in [1.165, 1.54) is 0 Å². The molecule has 0 spiro atoms. The zero-order valence-electron chi connectivity index (χ0n) is 11.5. The number of anilines is 1. The fourth-order valence-electron chi connectivity index (χ4n) is 2.70. The van der Waals surface area contributed by atoms with Gasteiger partial charge in [0.25, 0.3) is 0 Å². The fourth-order valence-corrected chi connectivity index (χ4v) is 2.87. The molecule has 0 aromatic carbocycles. The third-order valence-electron chi connectivity index (χ3n) is 3.60. The highest BCUT2D eigenvalue weighted by molar-refractivity contribution is 6.29. The Hall–Kier alpha value is -2.08. The van der Waals surface area contributed by atoms with Gasteiger partial charge in [-0.05, 0) is 25.8 Å². The molecule has 1 saturated heterocycles. The van der Waals surface area contributed by atoms with Crippen molar-refractivity contribution in [2.45, 2.75) is 25.8 Å². The Balaban J connectivity index is 2.06. The summed E-state index contributed by atoms with van der Waals surface area (Å²) in [6.45, 7) is 2.59. The largest absolute Gasteiger partial charge is 0.480 e. The van der Waals surface area contributed by atoms with Crippen molar-refractivity contribution in [2.24, 2.45) is 0 Å². The monoisotopic (exact) mass is 306 g/mol. The van der Waals surface area contributed by atoms with Crippen LogP contribution >= 0.6 is 11.6 Å². The normalized spacial score (nSPS) is 18.2. The molecule has 6 nitrogen and oxygen atoms in total. The minimum atomic E-state index is -0.800. The Morgan fingerprint density at radius 2 is 2.29 bits per heavy atom. The molecule has 110 valence electrons. The Morgan fingerprint density at radius 1 is 1.48 bits per heavy atom. The van der Waals surface area contributed by atoms with Gasteiger partial charge in [0.2, 0.25) is 0 Å². The molecule has 1 aliphatic heterocycles. The van der Waals surface area contributed by atoms with E-state index in [1.54, 1.807) is 23.0 Å². The number of carbonyl (C=O) groups is 1. The number of carboxylic acid groups (broad SMARTS) is 1. The molecule has 0 aliphatic carbocycles.